The van der Waals surface area contributed by atoms with Crippen LogP contribution in [0.4, 0.5) is 4.79 Å². The molecule has 2 aromatic carbocycles. The zero-order valence-electron chi connectivity index (χ0n) is 32.2. The number of ether oxygens (including phenoxy) is 9. The number of carbonyl (C=O) groups excluding carboxylic acids is 3. The zero-order valence-corrected chi connectivity index (χ0v) is 33.0. The lowest BCUT2D eigenvalue weighted by atomic mass is 9.71. The monoisotopic (exact) mass is 794 g/mol. The van der Waals surface area contributed by atoms with Gasteiger partial charge in [-0.15, -0.1) is 11.8 Å². The Morgan fingerprint density at radius 3 is 2.61 bits per heavy atom. The third kappa shape index (κ3) is 6.76. The minimum Gasteiger partial charge on any atom is -0.493 e. The molecule has 4 bridgehead atoms. The lowest BCUT2D eigenvalue weighted by Gasteiger charge is -2.61. The molecule has 0 aromatic heterocycles. The summed E-state index contributed by atoms with van der Waals surface area (Å²) < 4.78 is 52.9. The molecule has 2 saturated heterocycles. The molecule has 1 unspecified atom stereocenters. The van der Waals surface area contributed by atoms with Crippen LogP contribution in [0.25, 0.3) is 0 Å². The molecule has 0 saturated carbocycles. The van der Waals surface area contributed by atoms with E-state index in [9.17, 15) is 19.6 Å². The van der Waals surface area contributed by atoms with Gasteiger partial charge in [0.25, 0.3) is 0 Å². The minimum absolute atomic E-state index is 0.0337. The Kier molecular flexibility index (Phi) is 11.6. The van der Waals surface area contributed by atoms with E-state index in [4.69, 9.17) is 42.6 Å². The van der Waals surface area contributed by atoms with Gasteiger partial charge in [-0.3, -0.25) is 14.6 Å². The fourth-order valence-electron chi connectivity index (χ4n) is 8.81. The molecular formula is C39H46N4O12S. The molecule has 16 nitrogen and oxygen atoms in total. The van der Waals surface area contributed by atoms with Gasteiger partial charge >= 0.3 is 18.0 Å². The summed E-state index contributed by atoms with van der Waals surface area (Å²) in [7, 11) is 5.19. The van der Waals surface area contributed by atoms with E-state index in [1.54, 1.807) is 21.1 Å². The molecule has 300 valence electrons. The molecule has 2 aromatic rings. The Labute approximate surface area is 329 Å². The molecule has 0 aliphatic carbocycles. The van der Waals surface area contributed by atoms with Gasteiger partial charge in [-0.1, -0.05) is 18.7 Å². The number of thioether (sulfide) groups is 1. The van der Waals surface area contributed by atoms with Crippen molar-refractivity contribution in [3.05, 3.63) is 52.1 Å². The van der Waals surface area contributed by atoms with Crippen LogP contribution in [0.15, 0.2) is 18.7 Å². The summed E-state index contributed by atoms with van der Waals surface area (Å²) in [5, 5.41) is 13.2. The Morgan fingerprint density at radius 2 is 1.89 bits per heavy atom. The second kappa shape index (κ2) is 16.4. The molecule has 1 N–H and O–H groups in total. The zero-order chi connectivity index (χ0) is 39.8. The highest BCUT2D eigenvalue weighted by molar-refractivity contribution is 7.99. The number of fused-ring (bicyclic) bond motifs is 10. The summed E-state index contributed by atoms with van der Waals surface area (Å²) in [5.41, 5.74) is 4.57. The highest BCUT2D eigenvalue weighted by Crippen LogP contribution is 2.64. The Morgan fingerprint density at radius 1 is 1.11 bits per heavy atom. The molecule has 7 atom stereocenters. The van der Waals surface area contributed by atoms with Crippen LogP contribution in [0.5, 0.6) is 28.7 Å². The van der Waals surface area contributed by atoms with Crippen molar-refractivity contribution in [1.29, 1.82) is 5.26 Å². The number of nitriles is 1. The van der Waals surface area contributed by atoms with Crippen LogP contribution in [0.2, 0.25) is 0 Å². The van der Waals surface area contributed by atoms with Crippen LogP contribution >= 0.6 is 11.8 Å². The van der Waals surface area contributed by atoms with Gasteiger partial charge in [0, 0.05) is 54.1 Å². The number of hydrogen-bond donors (Lipinski definition) is 1. The van der Waals surface area contributed by atoms with Crippen LogP contribution in [-0.4, -0.2) is 119 Å². The standard InChI is InChI=1S/C39H46N4O12S/c1-8-9-50-39(46)41-23-16-56-37-29-28(36-34(53-18-54-36)20(3)33(29)55-21(4)44)26(15-51-38(23)45)43-25(14-40)24-13-22-12-19(2)32(48-7)35(52-17-49-11-10-47-6)27(22)30(31(37)43)42(24)5/h8,12,23-26,30-31,37H,1,9-11,13,15-18H2,2-7H3,(H,41,46)/t23-,24-,25-,26+,30+,31?,37+/m0/s1. The average molecular weight is 795 g/mol. The van der Waals surface area contributed by atoms with Gasteiger partial charge in [-0.2, -0.15) is 5.26 Å². The average Bonchev–Trinajstić information content (AvgIpc) is 3.66. The number of nitrogens with zero attached hydrogens (tertiary/aromatic N) is 3. The van der Waals surface area contributed by atoms with E-state index in [1.165, 1.54) is 24.8 Å². The number of amides is 1. The van der Waals surface area contributed by atoms with E-state index in [1.807, 2.05) is 14.0 Å². The summed E-state index contributed by atoms with van der Waals surface area (Å²) in [6, 6.07) is 0.866. The molecule has 6 heterocycles. The first-order valence-corrected chi connectivity index (χ1v) is 19.4. The van der Waals surface area contributed by atoms with Crippen LogP contribution in [0.1, 0.15) is 57.6 Å². The van der Waals surface area contributed by atoms with Crippen molar-refractivity contribution in [2.75, 3.05) is 67.0 Å². The third-order valence-corrected chi connectivity index (χ3v) is 12.4. The molecule has 6 aliphatic heterocycles. The number of rotatable bonds is 11. The predicted octanol–water partition coefficient (Wildman–Crippen LogP) is 3.81. The van der Waals surface area contributed by atoms with Gasteiger partial charge in [0.05, 0.1) is 43.7 Å². The maximum Gasteiger partial charge on any atom is 0.408 e. The van der Waals surface area contributed by atoms with Crippen LogP contribution in [0.3, 0.4) is 0 Å². The summed E-state index contributed by atoms with van der Waals surface area (Å²) in [4.78, 5) is 43.8. The van der Waals surface area contributed by atoms with Crippen molar-refractivity contribution in [1.82, 2.24) is 15.1 Å². The second-order valence-corrected chi connectivity index (χ2v) is 15.3. The lowest BCUT2D eigenvalue weighted by molar-refractivity contribution is -0.151. The van der Waals surface area contributed by atoms with Crippen molar-refractivity contribution < 1.29 is 57.0 Å². The molecule has 2 fully saturated rings. The van der Waals surface area contributed by atoms with Crippen LogP contribution < -0.4 is 29.0 Å². The summed E-state index contributed by atoms with van der Waals surface area (Å²) in [6.45, 7) is 8.97. The molecule has 6 aliphatic rings. The lowest BCUT2D eigenvalue weighted by Crippen LogP contribution is -2.69. The molecule has 0 radical (unpaired) electrons. The highest BCUT2D eigenvalue weighted by atomic mass is 32.2. The minimum atomic E-state index is -1.11. The molecule has 1 amide bonds. The molecular weight excluding hydrogens is 749 g/mol. The smallest absolute Gasteiger partial charge is 0.408 e. The van der Waals surface area contributed by atoms with Crippen molar-refractivity contribution in [3.8, 4) is 34.8 Å². The van der Waals surface area contributed by atoms with Crippen molar-refractivity contribution in [2.24, 2.45) is 0 Å². The van der Waals surface area contributed by atoms with Crippen molar-refractivity contribution >= 4 is 29.8 Å². The van der Waals surface area contributed by atoms with Crippen molar-refractivity contribution in [2.45, 2.75) is 68.7 Å². The van der Waals surface area contributed by atoms with Gasteiger partial charge in [0.15, 0.2) is 29.8 Å². The fourth-order valence-corrected chi connectivity index (χ4v) is 10.3. The number of benzene rings is 2. The number of aryl methyl sites for hydroxylation is 1. The van der Waals surface area contributed by atoms with Gasteiger partial charge < -0.3 is 47.9 Å². The molecule has 0 spiro atoms. The number of methoxy groups -OCH3 is 2. The maximum atomic E-state index is 13.8. The number of carbonyl (C=O) groups is 3. The van der Waals surface area contributed by atoms with E-state index in [2.05, 4.69) is 33.8 Å². The van der Waals surface area contributed by atoms with E-state index in [-0.39, 0.29) is 38.6 Å². The number of esters is 2. The van der Waals surface area contributed by atoms with Gasteiger partial charge in [-0.25, -0.2) is 9.59 Å². The van der Waals surface area contributed by atoms with E-state index in [0.717, 1.165) is 16.7 Å². The number of likely N-dealkylation sites (N-methyl/N-ethyl adjacent to an activating group) is 1. The van der Waals surface area contributed by atoms with Crippen LogP contribution in [0, 0.1) is 25.2 Å². The molecule has 17 heteroatoms. The van der Waals surface area contributed by atoms with E-state index in [0.29, 0.717) is 65.1 Å². The Balaban J connectivity index is 1.46. The number of alkyl carbamates (subject to hydrolysis) is 1. The SMILES string of the molecule is C=CCOC(=O)N[C@H]1CS[C@@H]2c3c(OC(C)=O)c(C)c4c(c3[C@@H](COC1=O)N1C2[C@H]2c3c(cc(C)c(OC)c3OCOCCOC)C[C@@H]([C@@H]1C#N)N2C)OCO4. The largest absolute Gasteiger partial charge is 0.493 e. The number of hydrogen-bond acceptors (Lipinski definition) is 16. The Hall–Kier alpha value is -4.73. The van der Waals surface area contributed by atoms with Gasteiger partial charge in [0.1, 0.15) is 31.0 Å². The van der Waals surface area contributed by atoms with Gasteiger partial charge in [0.2, 0.25) is 6.79 Å². The second-order valence-electron chi connectivity index (χ2n) is 14.1. The van der Waals surface area contributed by atoms with E-state index >= 15 is 0 Å². The maximum absolute atomic E-state index is 13.8. The fraction of sp³-hybridized carbons (Fsp3) is 0.538. The first kappa shape index (κ1) is 39.5. The quantitative estimate of drug-likeness (QED) is 0.114. The van der Waals surface area contributed by atoms with Gasteiger partial charge in [-0.05, 0) is 38.4 Å². The van der Waals surface area contributed by atoms with E-state index < -0.39 is 53.5 Å². The summed E-state index contributed by atoms with van der Waals surface area (Å²) >= 11 is 1.37. The third-order valence-electron chi connectivity index (χ3n) is 11.0. The van der Waals surface area contributed by atoms with Crippen LogP contribution in [-0.2, 0) is 35.0 Å². The highest BCUT2D eigenvalue weighted by Gasteiger charge is 2.61. The number of nitrogens with one attached hydrogen (secondary N) is 1. The summed E-state index contributed by atoms with van der Waals surface area (Å²) in [5.74, 6) is 1.05. The van der Waals surface area contributed by atoms with Crippen molar-refractivity contribution in [3.63, 3.8) is 0 Å². The first-order chi connectivity index (χ1) is 27.1. The topological polar surface area (TPSA) is 177 Å². The Bertz CT molecular complexity index is 1950. The molecule has 8 rings (SSSR count). The first-order valence-electron chi connectivity index (χ1n) is 18.3. The number of piperazine rings is 1. The predicted molar refractivity (Wildman–Crippen MR) is 200 cm³/mol. The normalized spacial score (nSPS) is 26.1. The molecule has 56 heavy (non-hydrogen) atoms. The summed E-state index contributed by atoms with van der Waals surface area (Å²) in [6.07, 6.45) is 1.13.